The van der Waals surface area contributed by atoms with Crippen molar-refractivity contribution < 1.29 is 14.7 Å². The molecule has 2 aliphatic rings. The molecule has 0 aliphatic carbocycles. The van der Waals surface area contributed by atoms with Crippen molar-refractivity contribution in [1.29, 1.82) is 0 Å². The van der Waals surface area contributed by atoms with Crippen LogP contribution >= 0.6 is 0 Å². The van der Waals surface area contributed by atoms with Gasteiger partial charge in [0.05, 0.1) is 5.57 Å². The number of piperidine rings is 1. The topological polar surface area (TPSA) is 60.9 Å². The lowest BCUT2D eigenvalue weighted by Crippen LogP contribution is -2.40. The summed E-state index contributed by atoms with van der Waals surface area (Å²) in [5, 5.41) is 9.48. The molecule has 1 aromatic rings. The molecule has 0 radical (unpaired) electrons. The molecule has 0 aromatic heterocycles. The Hall–Kier alpha value is -2.14. The summed E-state index contributed by atoms with van der Waals surface area (Å²) in [6.45, 7) is 5.67. The minimum Gasteiger partial charge on any atom is -0.396 e. The normalized spacial score (nSPS) is 21.9. The van der Waals surface area contributed by atoms with Crippen LogP contribution < -0.4 is 0 Å². The van der Waals surface area contributed by atoms with E-state index in [1.165, 1.54) is 4.90 Å². The smallest absolute Gasteiger partial charge is 0.277 e. The fraction of sp³-hybridized carbons (Fsp3) is 0.474. The molecule has 1 N–H and O–H groups in total. The van der Waals surface area contributed by atoms with Crippen LogP contribution in [0.4, 0.5) is 0 Å². The lowest BCUT2D eigenvalue weighted by Gasteiger charge is -2.34. The molecule has 128 valence electrons. The summed E-state index contributed by atoms with van der Waals surface area (Å²) in [5.41, 5.74) is 2.91. The van der Waals surface area contributed by atoms with Crippen molar-refractivity contribution in [3.05, 3.63) is 41.1 Å². The Morgan fingerprint density at radius 3 is 2.50 bits per heavy atom. The third-order valence-electron chi connectivity index (χ3n) is 4.89. The van der Waals surface area contributed by atoms with Crippen LogP contribution in [0.1, 0.15) is 30.9 Å². The van der Waals surface area contributed by atoms with E-state index in [-0.39, 0.29) is 24.3 Å². The van der Waals surface area contributed by atoms with Gasteiger partial charge in [-0.05, 0) is 38.2 Å². The second kappa shape index (κ2) is 6.77. The molecule has 1 fully saturated rings. The highest BCUT2D eigenvalue weighted by Gasteiger charge is 2.41. The first-order valence-corrected chi connectivity index (χ1v) is 8.60. The van der Waals surface area contributed by atoms with E-state index in [0.717, 1.165) is 30.5 Å². The van der Waals surface area contributed by atoms with E-state index in [1.54, 1.807) is 0 Å². The fourth-order valence-electron chi connectivity index (χ4n) is 3.54. The molecular formula is C19H24N2O3. The van der Waals surface area contributed by atoms with Crippen LogP contribution in [-0.2, 0) is 9.59 Å². The number of carbonyl (C=O) groups excluding carboxylic acids is 2. The van der Waals surface area contributed by atoms with Crippen LogP contribution in [0, 0.1) is 12.8 Å². The fourth-order valence-corrected chi connectivity index (χ4v) is 3.54. The molecule has 1 unspecified atom stereocenters. The maximum Gasteiger partial charge on any atom is 0.277 e. The number of likely N-dealkylation sites (N-methyl/N-ethyl adjacent to an activating group) is 1. The molecule has 0 bridgehead atoms. The second-order valence-electron chi connectivity index (χ2n) is 6.58. The molecule has 3 rings (SSSR count). The third kappa shape index (κ3) is 2.84. The Kier molecular flexibility index (Phi) is 4.71. The first-order chi connectivity index (χ1) is 11.6. The van der Waals surface area contributed by atoms with Gasteiger partial charge >= 0.3 is 0 Å². The number of amides is 2. The van der Waals surface area contributed by atoms with E-state index >= 15 is 0 Å². The van der Waals surface area contributed by atoms with Gasteiger partial charge in [0, 0.05) is 26.2 Å². The van der Waals surface area contributed by atoms with E-state index < -0.39 is 0 Å². The largest absolute Gasteiger partial charge is 0.396 e. The van der Waals surface area contributed by atoms with Gasteiger partial charge in [-0.3, -0.25) is 14.5 Å². The highest BCUT2D eigenvalue weighted by atomic mass is 16.3. The molecule has 2 heterocycles. The minimum atomic E-state index is -0.215. The number of likely N-dealkylation sites (tertiary alicyclic amines) is 1. The molecule has 2 amide bonds. The lowest BCUT2D eigenvalue weighted by molar-refractivity contribution is -0.137. The summed E-state index contributed by atoms with van der Waals surface area (Å²) < 4.78 is 0. The molecule has 0 saturated carbocycles. The minimum absolute atomic E-state index is 0.114. The van der Waals surface area contributed by atoms with Gasteiger partial charge in [-0.2, -0.15) is 0 Å². The van der Waals surface area contributed by atoms with Gasteiger partial charge in [-0.25, -0.2) is 0 Å². The first kappa shape index (κ1) is 16.7. The van der Waals surface area contributed by atoms with Crippen molar-refractivity contribution in [2.24, 2.45) is 5.92 Å². The zero-order valence-electron chi connectivity index (χ0n) is 14.3. The number of benzene rings is 1. The Bertz CT molecular complexity index is 678. The maximum atomic E-state index is 12.8. The van der Waals surface area contributed by atoms with E-state index in [1.807, 2.05) is 43.0 Å². The molecule has 5 heteroatoms. The zero-order chi connectivity index (χ0) is 17.3. The standard InChI is InChI=1S/C19H24N2O3/c1-3-21-18(23)16(15-8-6-13(2)7-9-15)17(19(21)24)20-10-4-5-14(11-20)12-22/h6-9,14,22H,3-5,10-12H2,1-2H3. The molecule has 5 nitrogen and oxygen atoms in total. The van der Waals surface area contributed by atoms with E-state index in [4.69, 9.17) is 0 Å². The van der Waals surface area contributed by atoms with Gasteiger partial charge in [0.1, 0.15) is 5.70 Å². The molecule has 0 spiro atoms. The molecule has 24 heavy (non-hydrogen) atoms. The molecular weight excluding hydrogens is 304 g/mol. The summed E-state index contributed by atoms with van der Waals surface area (Å²) >= 11 is 0. The predicted molar refractivity (Wildman–Crippen MR) is 91.9 cm³/mol. The van der Waals surface area contributed by atoms with Crippen LogP contribution in [0.5, 0.6) is 0 Å². The Balaban J connectivity index is 2.06. The van der Waals surface area contributed by atoms with Crippen molar-refractivity contribution in [2.75, 3.05) is 26.2 Å². The second-order valence-corrected chi connectivity index (χ2v) is 6.58. The summed E-state index contributed by atoms with van der Waals surface area (Å²) in [6.07, 6.45) is 1.88. The highest BCUT2D eigenvalue weighted by molar-refractivity contribution is 6.35. The van der Waals surface area contributed by atoms with Crippen LogP contribution in [-0.4, -0.2) is 53.0 Å². The van der Waals surface area contributed by atoms with Crippen LogP contribution in [0.3, 0.4) is 0 Å². The van der Waals surface area contributed by atoms with E-state index in [0.29, 0.717) is 24.4 Å². The van der Waals surface area contributed by atoms with Crippen molar-refractivity contribution in [2.45, 2.75) is 26.7 Å². The van der Waals surface area contributed by atoms with Gasteiger partial charge in [-0.15, -0.1) is 0 Å². The number of carbonyl (C=O) groups is 2. The van der Waals surface area contributed by atoms with Crippen molar-refractivity contribution >= 4 is 17.4 Å². The number of imide groups is 1. The number of aryl methyl sites for hydroxylation is 1. The number of hydrogen-bond acceptors (Lipinski definition) is 4. The molecule has 1 atom stereocenters. The van der Waals surface area contributed by atoms with Gasteiger partial charge in [0.25, 0.3) is 11.8 Å². The summed E-state index contributed by atoms with van der Waals surface area (Å²) in [7, 11) is 0. The van der Waals surface area contributed by atoms with E-state index in [9.17, 15) is 14.7 Å². The lowest BCUT2D eigenvalue weighted by atomic mass is 9.96. The SMILES string of the molecule is CCN1C(=O)C(c2ccc(C)cc2)=C(N2CCCC(CO)C2)C1=O. The average Bonchev–Trinajstić information content (AvgIpc) is 2.85. The molecule has 1 saturated heterocycles. The van der Waals surface area contributed by atoms with Gasteiger partial charge in [0.2, 0.25) is 0 Å². The Morgan fingerprint density at radius 2 is 1.88 bits per heavy atom. The van der Waals surface area contributed by atoms with Gasteiger partial charge in [0.15, 0.2) is 0 Å². The zero-order valence-corrected chi connectivity index (χ0v) is 14.3. The van der Waals surface area contributed by atoms with Gasteiger partial charge in [-0.1, -0.05) is 29.8 Å². The number of aliphatic hydroxyl groups excluding tert-OH is 1. The predicted octanol–water partition coefficient (Wildman–Crippen LogP) is 1.80. The van der Waals surface area contributed by atoms with Crippen LogP contribution in [0.2, 0.25) is 0 Å². The number of aliphatic hydroxyl groups is 1. The Morgan fingerprint density at radius 1 is 1.17 bits per heavy atom. The molecule has 2 aliphatic heterocycles. The van der Waals surface area contributed by atoms with Crippen molar-refractivity contribution in [3.63, 3.8) is 0 Å². The third-order valence-corrected chi connectivity index (χ3v) is 4.89. The Labute approximate surface area is 142 Å². The molecule has 1 aromatic carbocycles. The number of hydrogen-bond donors (Lipinski definition) is 1. The summed E-state index contributed by atoms with van der Waals surface area (Å²) in [5.74, 6) is -0.270. The van der Waals surface area contributed by atoms with Crippen molar-refractivity contribution in [3.8, 4) is 0 Å². The maximum absolute atomic E-state index is 12.8. The van der Waals surface area contributed by atoms with E-state index in [2.05, 4.69) is 0 Å². The average molecular weight is 328 g/mol. The quantitative estimate of drug-likeness (QED) is 0.856. The highest BCUT2D eigenvalue weighted by Crippen LogP contribution is 2.33. The number of rotatable bonds is 4. The summed E-state index contributed by atoms with van der Waals surface area (Å²) in [6, 6.07) is 7.73. The van der Waals surface area contributed by atoms with Crippen molar-refractivity contribution in [1.82, 2.24) is 9.80 Å². The van der Waals surface area contributed by atoms with Crippen LogP contribution in [0.15, 0.2) is 30.0 Å². The van der Waals surface area contributed by atoms with Gasteiger partial charge < -0.3 is 10.0 Å². The first-order valence-electron chi connectivity index (χ1n) is 8.60. The monoisotopic (exact) mass is 328 g/mol. The van der Waals surface area contributed by atoms with Crippen LogP contribution in [0.25, 0.3) is 5.57 Å². The summed E-state index contributed by atoms with van der Waals surface area (Å²) in [4.78, 5) is 29.0. The number of nitrogens with zero attached hydrogens (tertiary/aromatic N) is 2.